The van der Waals surface area contributed by atoms with Crippen LogP contribution in [0, 0.1) is 6.92 Å². The molecule has 0 fully saturated rings. The van der Waals surface area contributed by atoms with Crippen molar-refractivity contribution < 1.29 is 9.53 Å². The molecule has 0 amide bonds. The van der Waals surface area contributed by atoms with Gasteiger partial charge in [0.15, 0.2) is 11.6 Å². The molecule has 0 bridgehead atoms. The van der Waals surface area contributed by atoms with Crippen LogP contribution in [0.15, 0.2) is 59.8 Å². The maximum Gasteiger partial charge on any atom is 0.226 e. The fraction of sp³-hybridized carbons (Fsp3) is 0.292. The highest BCUT2D eigenvalue weighted by Crippen LogP contribution is 2.43. The van der Waals surface area contributed by atoms with Crippen molar-refractivity contribution in [1.82, 2.24) is 14.8 Å². The lowest BCUT2D eigenvalue weighted by Crippen LogP contribution is -2.31. The van der Waals surface area contributed by atoms with E-state index < -0.39 is 0 Å². The SMILES string of the molecule is CCOc1ccccc1C1C2=C(CCCC2=O)Nc2nc(-c3ccc(C)cc3)nn21. The number of para-hydroxylation sites is 1. The Bertz CT molecular complexity index is 1140. The van der Waals surface area contributed by atoms with Gasteiger partial charge in [-0.1, -0.05) is 48.0 Å². The Hall–Kier alpha value is -3.41. The molecule has 152 valence electrons. The second kappa shape index (κ2) is 7.44. The molecule has 1 aromatic heterocycles. The van der Waals surface area contributed by atoms with Crippen LogP contribution in [0.1, 0.15) is 43.4 Å². The number of ether oxygens (including phenoxy) is 1. The lowest BCUT2D eigenvalue weighted by molar-refractivity contribution is -0.116. The molecule has 1 aliphatic carbocycles. The monoisotopic (exact) mass is 400 g/mol. The number of carbonyl (C=O) groups excluding carboxylic acids is 1. The van der Waals surface area contributed by atoms with Crippen LogP contribution in [0.2, 0.25) is 0 Å². The van der Waals surface area contributed by atoms with Crippen molar-refractivity contribution in [3.05, 3.63) is 70.9 Å². The van der Waals surface area contributed by atoms with E-state index in [4.69, 9.17) is 14.8 Å². The minimum atomic E-state index is -0.349. The quantitative estimate of drug-likeness (QED) is 0.689. The van der Waals surface area contributed by atoms with Gasteiger partial charge in [0.1, 0.15) is 11.8 Å². The molecule has 1 N–H and O–H groups in total. The Morgan fingerprint density at radius 3 is 2.73 bits per heavy atom. The summed E-state index contributed by atoms with van der Waals surface area (Å²) >= 11 is 0. The second-order valence-corrected chi connectivity index (χ2v) is 7.74. The van der Waals surface area contributed by atoms with Crippen LogP contribution in [0.4, 0.5) is 5.95 Å². The van der Waals surface area contributed by atoms with Crippen LogP contribution in [-0.4, -0.2) is 27.2 Å². The number of rotatable bonds is 4. The van der Waals surface area contributed by atoms with Crippen molar-refractivity contribution in [2.75, 3.05) is 11.9 Å². The highest BCUT2D eigenvalue weighted by Gasteiger charge is 2.38. The molecule has 1 aliphatic heterocycles. The van der Waals surface area contributed by atoms with E-state index in [0.29, 0.717) is 24.8 Å². The highest BCUT2D eigenvalue weighted by molar-refractivity contribution is 5.99. The summed E-state index contributed by atoms with van der Waals surface area (Å²) in [6.07, 6.45) is 2.24. The van der Waals surface area contributed by atoms with E-state index in [9.17, 15) is 4.79 Å². The number of ketones is 1. The van der Waals surface area contributed by atoms with E-state index in [-0.39, 0.29) is 11.8 Å². The van der Waals surface area contributed by atoms with Gasteiger partial charge in [0, 0.05) is 28.8 Å². The predicted octanol–water partition coefficient (Wildman–Crippen LogP) is 4.67. The first-order valence-electron chi connectivity index (χ1n) is 10.4. The van der Waals surface area contributed by atoms with Crippen molar-refractivity contribution in [1.29, 1.82) is 0 Å². The molecule has 30 heavy (non-hydrogen) atoms. The summed E-state index contributed by atoms with van der Waals surface area (Å²) in [5.41, 5.74) is 4.81. The molecule has 0 spiro atoms. The molecule has 0 saturated carbocycles. The Kier molecular flexibility index (Phi) is 4.62. The summed E-state index contributed by atoms with van der Waals surface area (Å²) in [7, 11) is 0. The van der Waals surface area contributed by atoms with Crippen LogP contribution in [0.25, 0.3) is 11.4 Å². The number of Topliss-reactive ketones (excluding diaryl/α,β-unsaturated/α-hetero) is 1. The van der Waals surface area contributed by atoms with Crippen LogP contribution in [0.5, 0.6) is 5.75 Å². The molecule has 6 heteroatoms. The molecule has 1 unspecified atom stereocenters. The number of nitrogens with zero attached hydrogens (tertiary/aromatic N) is 3. The van der Waals surface area contributed by atoms with Gasteiger partial charge in [-0.15, -0.1) is 5.10 Å². The maximum absolute atomic E-state index is 13.0. The first-order chi connectivity index (χ1) is 14.7. The standard InChI is InChI=1S/C24H24N4O2/c1-3-30-20-10-5-4-7-17(20)22-21-18(8-6-9-19(21)29)25-24-26-23(27-28(22)24)16-13-11-15(2)12-14-16/h4-5,7,10-14,22H,3,6,8-9H2,1-2H3,(H,25,26,27). The van der Waals surface area contributed by atoms with Crippen LogP contribution in [0.3, 0.4) is 0 Å². The number of fused-ring (bicyclic) bond motifs is 1. The van der Waals surface area contributed by atoms with E-state index >= 15 is 0 Å². The molecule has 3 aromatic rings. The third kappa shape index (κ3) is 3.09. The normalized spacial score (nSPS) is 17.9. The Morgan fingerprint density at radius 1 is 1.13 bits per heavy atom. The average Bonchev–Trinajstić information content (AvgIpc) is 3.17. The van der Waals surface area contributed by atoms with E-state index in [1.165, 1.54) is 5.56 Å². The number of hydrogen-bond donors (Lipinski definition) is 1. The average molecular weight is 400 g/mol. The van der Waals surface area contributed by atoms with Gasteiger partial charge in [0.05, 0.1) is 6.61 Å². The fourth-order valence-corrected chi connectivity index (χ4v) is 4.26. The van der Waals surface area contributed by atoms with Crippen molar-refractivity contribution >= 4 is 11.7 Å². The number of allylic oxidation sites excluding steroid dienone is 2. The highest BCUT2D eigenvalue weighted by atomic mass is 16.5. The lowest BCUT2D eigenvalue weighted by Gasteiger charge is -2.32. The summed E-state index contributed by atoms with van der Waals surface area (Å²) in [4.78, 5) is 17.8. The van der Waals surface area contributed by atoms with Gasteiger partial charge in [-0.25, -0.2) is 4.68 Å². The smallest absolute Gasteiger partial charge is 0.226 e. The molecule has 0 saturated heterocycles. The van der Waals surface area contributed by atoms with E-state index in [2.05, 4.69) is 24.4 Å². The number of hydrogen-bond acceptors (Lipinski definition) is 5. The van der Waals surface area contributed by atoms with Gasteiger partial charge in [-0.05, 0) is 32.8 Å². The number of anilines is 1. The van der Waals surface area contributed by atoms with Gasteiger partial charge >= 0.3 is 0 Å². The molecule has 2 aromatic carbocycles. The zero-order chi connectivity index (χ0) is 20.7. The minimum Gasteiger partial charge on any atom is -0.494 e. The number of aryl methyl sites for hydroxylation is 1. The molecule has 1 atom stereocenters. The summed E-state index contributed by atoms with van der Waals surface area (Å²) in [6, 6.07) is 15.7. The lowest BCUT2D eigenvalue weighted by atomic mass is 9.85. The van der Waals surface area contributed by atoms with E-state index in [1.54, 1.807) is 0 Å². The van der Waals surface area contributed by atoms with Crippen molar-refractivity contribution in [3.8, 4) is 17.1 Å². The van der Waals surface area contributed by atoms with E-state index in [0.717, 1.165) is 41.0 Å². The minimum absolute atomic E-state index is 0.165. The largest absolute Gasteiger partial charge is 0.494 e. The van der Waals surface area contributed by atoms with Crippen LogP contribution >= 0.6 is 0 Å². The molecule has 2 aliphatic rings. The first kappa shape index (κ1) is 18.6. The molecule has 5 rings (SSSR count). The number of aromatic nitrogens is 3. The Labute approximate surface area is 175 Å². The third-order valence-electron chi connectivity index (χ3n) is 5.69. The van der Waals surface area contributed by atoms with Gasteiger partial charge in [-0.3, -0.25) is 4.79 Å². The molecule has 2 heterocycles. The predicted molar refractivity (Wildman–Crippen MR) is 115 cm³/mol. The van der Waals surface area contributed by atoms with Gasteiger partial charge in [0.25, 0.3) is 0 Å². The summed E-state index contributed by atoms with van der Waals surface area (Å²) in [5.74, 6) is 2.24. The Morgan fingerprint density at radius 2 is 1.93 bits per heavy atom. The fourth-order valence-electron chi connectivity index (χ4n) is 4.26. The Balaban J connectivity index is 1.68. The summed E-state index contributed by atoms with van der Waals surface area (Å²) in [6.45, 7) is 4.58. The second-order valence-electron chi connectivity index (χ2n) is 7.74. The molecule has 6 nitrogen and oxygen atoms in total. The van der Waals surface area contributed by atoms with Gasteiger partial charge < -0.3 is 10.1 Å². The molecular formula is C24H24N4O2. The van der Waals surface area contributed by atoms with Crippen LogP contribution in [-0.2, 0) is 4.79 Å². The zero-order valence-corrected chi connectivity index (χ0v) is 17.2. The van der Waals surface area contributed by atoms with Gasteiger partial charge in [-0.2, -0.15) is 4.98 Å². The van der Waals surface area contributed by atoms with Crippen molar-refractivity contribution in [2.45, 2.75) is 39.2 Å². The molecule has 0 radical (unpaired) electrons. The van der Waals surface area contributed by atoms with E-state index in [1.807, 2.05) is 48.0 Å². The number of benzene rings is 2. The number of carbonyl (C=O) groups is 1. The van der Waals surface area contributed by atoms with Crippen LogP contribution < -0.4 is 10.1 Å². The summed E-state index contributed by atoms with van der Waals surface area (Å²) < 4.78 is 7.75. The summed E-state index contributed by atoms with van der Waals surface area (Å²) in [5, 5.41) is 8.23. The first-order valence-corrected chi connectivity index (χ1v) is 10.4. The molecular weight excluding hydrogens is 376 g/mol. The van der Waals surface area contributed by atoms with Crippen molar-refractivity contribution in [2.24, 2.45) is 0 Å². The third-order valence-corrected chi connectivity index (χ3v) is 5.69. The topological polar surface area (TPSA) is 69.0 Å². The van der Waals surface area contributed by atoms with Crippen molar-refractivity contribution in [3.63, 3.8) is 0 Å². The van der Waals surface area contributed by atoms with Gasteiger partial charge in [0.2, 0.25) is 5.95 Å². The maximum atomic E-state index is 13.0. The zero-order valence-electron chi connectivity index (χ0n) is 17.2. The number of nitrogens with one attached hydrogen (secondary N) is 1.